The largest absolute Gasteiger partial charge is 0.494 e. The quantitative estimate of drug-likeness (QED) is 0.715. The summed E-state index contributed by atoms with van der Waals surface area (Å²) in [5, 5.41) is 11.8. The van der Waals surface area contributed by atoms with Gasteiger partial charge in [-0.1, -0.05) is 11.6 Å². The fourth-order valence-corrected chi connectivity index (χ4v) is 1.50. The lowest BCUT2D eigenvalue weighted by Gasteiger charge is -2.06. The van der Waals surface area contributed by atoms with E-state index in [9.17, 15) is 14.7 Å². The van der Waals surface area contributed by atoms with Crippen molar-refractivity contribution in [2.75, 3.05) is 5.32 Å². The molecule has 0 unspecified atom stereocenters. The van der Waals surface area contributed by atoms with E-state index >= 15 is 0 Å². The molecule has 6 nitrogen and oxygen atoms in total. The summed E-state index contributed by atoms with van der Waals surface area (Å²) in [6.45, 7) is 0. The van der Waals surface area contributed by atoms with Crippen LogP contribution < -0.4 is 10.9 Å². The summed E-state index contributed by atoms with van der Waals surface area (Å²) >= 11 is 5.78. The minimum absolute atomic E-state index is 0.0242. The van der Waals surface area contributed by atoms with Crippen LogP contribution in [0.2, 0.25) is 5.15 Å². The fraction of sp³-hybridized carbons (Fsp3) is 0. The van der Waals surface area contributed by atoms with E-state index in [-0.39, 0.29) is 16.6 Å². The third kappa shape index (κ3) is 2.67. The molecule has 0 aliphatic heterocycles. The monoisotopic (exact) mass is 265 g/mol. The van der Waals surface area contributed by atoms with Crippen LogP contribution in [0.4, 0.5) is 5.69 Å². The number of aromatic nitrogens is 2. The zero-order valence-electron chi connectivity index (χ0n) is 8.98. The summed E-state index contributed by atoms with van der Waals surface area (Å²) in [4.78, 5) is 28.8. The summed E-state index contributed by atoms with van der Waals surface area (Å²) < 4.78 is 0. The number of carbonyl (C=O) groups is 1. The van der Waals surface area contributed by atoms with Gasteiger partial charge in [-0.3, -0.25) is 14.6 Å². The highest BCUT2D eigenvalue weighted by Crippen LogP contribution is 2.18. The van der Waals surface area contributed by atoms with Gasteiger partial charge in [-0.2, -0.15) is 0 Å². The molecule has 0 spiro atoms. The second-order valence-electron chi connectivity index (χ2n) is 3.41. The second kappa shape index (κ2) is 4.89. The smallest absolute Gasteiger partial charge is 0.256 e. The van der Waals surface area contributed by atoms with Crippen molar-refractivity contribution in [2.24, 2.45) is 0 Å². The number of aromatic amines is 1. The van der Waals surface area contributed by atoms with Crippen LogP contribution in [0.15, 0.2) is 35.3 Å². The number of carbonyl (C=O) groups excluding carboxylic acids is 1. The van der Waals surface area contributed by atoms with Crippen LogP contribution in [-0.4, -0.2) is 21.0 Å². The predicted octanol–water partition coefficient (Wildman–Crippen LogP) is 1.38. The zero-order valence-corrected chi connectivity index (χ0v) is 9.73. The van der Waals surface area contributed by atoms with E-state index < -0.39 is 11.5 Å². The summed E-state index contributed by atoms with van der Waals surface area (Å²) in [6, 6.07) is 5.39. The molecule has 2 aromatic rings. The third-order valence-corrected chi connectivity index (χ3v) is 2.40. The standard InChI is InChI=1S/C11H8ClN3O3/c12-10-7(2-1-3-13-10)14-11(18)6-4-8(16)15-9(17)5-6/h1-5H,(H,14,18)(H2,15,16,17). The maximum atomic E-state index is 11.8. The predicted molar refractivity (Wildman–Crippen MR) is 65.9 cm³/mol. The highest BCUT2D eigenvalue weighted by molar-refractivity contribution is 6.32. The maximum Gasteiger partial charge on any atom is 0.256 e. The van der Waals surface area contributed by atoms with E-state index in [1.165, 1.54) is 6.20 Å². The van der Waals surface area contributed by atoms with Crippen LogP contribution in [0.5, 0.6) is 5.88 Å². The number of H-pyrrole nitrogens is 1. The van der Waals surface area contributed by atoms with Gasteiger partial charge in [0, 0.05) is 18.3 Å². The molecule has 0 bridgehead atoms. The van der Waals surface area contributed by atoms with Gasteiger partial charge in [0.2, 0.25) is 0 Å². The van der Waals surface area contributed by atoms with Crippen LogP contribution in [0.25, 0.3) is 0 Å². The minimum atomic E-state index is -0.572. The minimum Gasteiger partial charge on any atom is -0.494 e. The molecule has 0 radical (unpaired) electrons. The Hall–Kier alpha value is -2.34. The van der Waals surface area contributed by atoms with E-state index in [1.807, 2.05) is 0 Å². The molecule has 0 aliphatic rings. The lowest BCUT2D eigenvalue weighted by Crippen LogP contribution is -2.16. The molecule has 2 rings (SSSR count). The molecule has 3 N–H and O–H groups in total. The van der Waals surface area contributed by atoms with Gasteiger partial charge in [-0.05, 0) is 12.1 Å². The fourth-order valence-electron chi connectivity index (χ4n) is 1.33. The number of nitrogens with one attached hydrogen (secondary N) is 2. The Morgan fingerprint density at radius 2 is 2.22 bits per heavy atom. The first-order valence-electron chi connectivity index (χ1n) is 4.91. The number of rotatable bonds is 2. The molecule has 0 fully saturated rings. The normalized spacial score (nSPS) is 10.1. The van der Waals surface area contributed by atoms with Gasteiger partial charge >= 0.3 is 0 Å². The average molecular weight is 266 g/mol. The Morgan fingerprint density at radius 3 is 2.89 bits per heavy atom. The van der Waals surface area contributed by atoms with Crippen molar-refractivity contribution in [1.29, 1.82) is 0 Å². The van der Waals surface area contributed by atoms with Crippen LogP contribution in [0, 0.1) is 0 Å². The van der Waals surface area contributed by atoms with Crippen LogP contribution in [0.1, 0.15) is 10.4 Å². The van der Waals surface area contributed by atoms with Crippen LogP contribution in [-0.2, 0) is 0 Å². The Morgan fingerprint density at radius 1 is 1.44 bits per heavy atom. The molecule has 0 atom stereocenters. The number of pyridine rings is 2. The molecule has 92 valence electrons. The number of aromatic hydroxyl groups is 1. The first-order chi connectivity index (χ1) is 8.56. The molecule has 0 saturated carbocycles. The van der Waals surface area contributed by atoms with Crippen molar-refractivity contribution in [3.8, 4) is 5.88 Å². The molecule has 2 heterocycles. The van der Waals surface area contributed by atoms with Crippen molar-refractivity contribution in [1.82, 2.24) is 9.97 Å². The average Bonchev–Trinajstić information content (AvgIpc) is 2.31. The van der Waals surface area contributed by atoms with Crippen molar-refractivity contribution >= 4 is 23.2 Å². The van der Waals surface area contributed by atoms with Gasteiger partial charge in [0.1, 0.15) is 0 Å². The van der Waals surface area contributed by atoms with Gasteiger partial charge in [-0.25, -0.2) is 4.98 Å². The topological polar surface area (TPSA) is 95.1 Å². The number of amides is 1. The number of halogens is 1. The van der Waals surface area contributed by atoms with E-state index in [4.69, 9.17) is 11.6 Å². The molecule has 18 heavy (non-hydrogen) atoms. The number of nitrogens with zero attached hydrogens (tertiary/aromatic N) is 1. The first-order valence-corrected chi connectivity index (χ1v) is 5.29. The Labute approximate surface area is 106 Å². The molecule has 1 amide bonds. The molecular weight excluding hydrogens is 258 g/mol. The summed E-state index contributed by atoms with van der Waals surface area (Å²) in [7, 11) is 0. The van der Waals surface area contributed by atoms with Gasteiger partial charge in [0.15, 0.2) is 11.0 Å². The molecule has 0 aromatic carbocycles. The summed E-state index contributed by atoms with van der Waals surface area (Å²) in [5.41, 5.74) is -0.224. The maximum absolute atomic E-state index is 11.8. The van der Waals surface area contributed by atoms with E-state index in [0.29, 0.717) is 5.69 Å². The van der Waals surface area contributed by atoms with Gasteiger partial charge in [0.25, 0.3) is 11.5 Å². The van der Waals surface area contributed by atoms with Crippen molar-refractivity contribution in [3.63, 3.8) is 0 Å². The molecule has 0 saturated heterocycles. The van der Waals surface area contributed by atoms with Crippen molar-refractivity contribution in [2.45, 2.75) is 0 Å². The lowest BCUT2D eigenvalue weighted by molar-refractivity contribution is 0.102. The lowest BCUT2D eigenvalue weighted by atomic mass is 10.2. The number of hydrogen-bond donors (Lipinski definition) is 3. The van der Waals surface area contributed by atoms with E-state index in [2.05, 4.69) is 15.3 Å². The summed E-state index contributed by atoms with van der Waals surface area (Å²) in [5.74, 6) is -0.948. The van der Waals surface area contributed by atoms with Gasteiger partial charge in [-0.15, -0.1) is 0 Å². The zero-order chi connectivity index (χ0) is 13.1. The highest BCUT2D eigenvalue weighted by atomic mass is 35.5. The van der Waals surface area contributed by atoms with E-state index in [1.54, 1.807) is 12.1 Å². The Kier molecular flexibility index (Phi) is 3.29. The molecular formula is C11H8ClN3O3. The van der Waals surface area contributed by atoms with Crippen LogP contribution >= 0.6 is 11.6 Å². The summed E-state index contributed by atoms with van der Waals surface area (Å²) in [6.07, 6.45) is 1.48. The highest BCUT2D eigenvalue weighted by Gasteiger charge is 2.10. The van der Waals surface area contributed by atoms with Gasteiger partial charge < -0.3 is 10.4 Å². The molecule has 7 heteroatoms. The number of hydrogen-bond acceptors (Lipinski definition) is 4. The second-order valence-corrected chi connectivity index (χ2v) is 3.77. The first kappa shape index (κ1) is 12.1. The Balaban J connectivity index is 2.28. The van der Waals surface area contributed by atoms with E-state index in [0.717, 1.165) is 12.1 Å². The molecule has 2 aromatic heterocycles. The SMILES string of the molecule is O=C(Nc1cccnc1Cl)c1cc(O)[nH]c(=O)c1. The van der Waals surface area contributed by atoms with Crippen molar-refractivity contribution in [3.05, 3.63) is 51.5 Å². The number of anilines is 1. The van der Waals surface area contributed by atoms with Crippen LogP contribution in [0.3, 0.4) is 0 Å². The third-order valence-electron chi connectivity index (χ3n) is 2.10. The van der Waals surface area contributed by atoms with Gasteiger partial charge in [0.05, 0.1) is 11.3 Å². The molecule has 0 aliphatic carbocycles. The Bertz CT molecular complexity index is 654. The van der Waals surface area contributed by atoms with Crippen molar-refractivity contribution < 1.29 is 9.90 Å².